The largest absolute Gasteiger partial charge is 0.384 e. The highest BCUT2D eigenvalue weighted by atomic mass is 16.1. The van der Waals surface area contributed by atoms with Crippen molar-refractivity contribution < 1.29 is 4.79 Å². The number of aromatic nitrogens is 3. The van der Waals surface area contributed by atoms with Crippen LogP contribution >= 0.6 is 0 Å². The zero-order valence-electron chi connectivity index (χ0n) is 19.0. The van der Waals surface area contributed by atoms with Crippen molar-refractivity contribution in [2.75, 3.05) is 5.73 Å². The van der Waals surface area contributed by atoms with Crippen molar-refractivity contribution in [3.8, 4) is 0 Å². The van der Waals surface area contributed by atoms with Gasteiger partial charge >= 0.3 is 0 Å². The van der Waals surface area contributed by atoms with Gasteiger partial charge in [0.2, 0.25) is 0 Å². The summed E-state index contributed by atoms with van der Waals surface area (Å²) in [4.78, 5) is 22.9. The van der Waals surface area contributed by atoms with Crippen molar-refractivity contribution in [3.05, 3.63) is 65.7 Å². The summed E-state index contributed by atoms with van der Waals surface area (Å²) in [5.41, 5.74) is 11.0. The Morgan fingerprint density at radius 1 is 0.969 bits per heavy atom. The molecule has 0 spiro atoms. The fourth-order valence-corrected chi connectivity index (χ4v) is 3.95. The molecule has 0 unspecified atom stereocenters. The van der Waals surface area contributed by atoms with Gasteiger partial charge in [0.25, 0.3) is 5.91 Å². The molecule has 4 aromatic rings. The molecular formula is C26H31N5O. The molecule has 0 radical (unpaired) electrons. The van der Waals surface area contributed by atoms with Gasteiger partial charge in [0, 0.05) is 12.6 Å². The van der Waals surface area contributed by atoms with Crippen molar-refractivity contribution in [1.82, 2.24) is 19.9 Å². The second kappa shape index (κ2) is 9.39. The van der Waals surface area contributed by atoms with E-state index in [1.165, 1.54) is 5.56 Å². The van der Waals surface area contributed by atoms with Crippen molar-refractivity contribution in [2.24, 2.45) is 5.92 Å². The van der Waals surface area contributed by atoms with Crippen LogP contribution in [0.2, 0.25) is 0 Å². The van der Waals surface area contributed by atoms with Gasteiger partial charge in [0.05, 0.1) is 11.0 Å². The highest BCUT2D eigenvalue weighted by molar-refractivity contribution is 6.10. The number of nitrogens with zero attached hydrogens (tertiary/aromatic N) is 3. The fourth-order valence-electron chi connectivity index (χ4n) is 3.95. The molecule has 1 atom stereocenters. The molecule has 6 heteroatoms. The number of amides is 1. The molecule has 2 aromatic carbocycles. The zero-order chi connectivity index (χ0) is 22.7. The first kappa shape index (κ1) is 21.8. The first-order valence-corrected chi connectivity index (χ1v) is 11.3. The topological polar surface area (TPSA) is 85.8 Å². The number of benzene rings is 2. The van der Waals surface area contributed by atoms with Crippen molar-refractivity contribution in [2.45, 2.75) is 52.6 Å². The molecule has 0 aliphatic rings. The van der Waals surface area contributed by atoms with Gasteiger partial charge in [-0.1, -0.05) is 56.3 Å². The molecule has 1 amide bonds. The Morgan fingerprint density at radius 2 is 1.62 bits per heavy atom. The van der Waals surface area contributed by atoms with Crippen molar-refractivity contribution >= 4 is 33.9 Å². The molecule has 6 nitrogen and oxygen atoms in total. The van der Waals surface area contributed by atoms with E-state index in [0.717, 1.165) is 30.3 Å². The maximum absolute atomic E-state index is 13.3. The van der Waals surface area contributed by atoms with Gasteiger partial charge in [-0.05, 0) is 49.8 Å². The number of nitrogens with one attached hydrogen (secondary N) is 1. The number of aryl methyl sites for hydroxylation is 2. The first-order chi connectivity index (χ1) is 15.4. The lowest BCUT2D eigenvalue weighted by Crippen LogP contribution is -2.33. The van der Waals surface area contributed by atoms with E-state index >= 15 is 0 Å². The fraction of sp³-hybridized carbons (Fsp3) is 0.346. The summed E-state index contributed by atoms with van der Waals surface area (Å²) in [6.45, 7) is 7.07. The third kappa shape index (κ3) is 4.59. The van der Waals surface area contributed by atoms with Gasteiger partial charge in [-0.25, -0.2) is 9.97 Å². The van der Waals surface area contributed by atoms with Crippen LogP contribution in [0.3, 0.4) is 0 Å². The molecule has 0 saturated carbocycles. The average Bonchev–Trinajstić information content (AvgIpc) is 3.05. The summed E-state index contributed by atoms with van der Waals surface area (Å²) in [7, 11) is 0. The molecule has 166 valence electrons. The van der Waals surface area contributed by atoms with Crippen molar-refractivity contribution in [3.63, 3.8) is 0 Å². The van der Waals surface area contributed by atoms with E-state index in [4.69, 9.17) is 15.7 Å². The van der Waals surface area contributed by atoms with Crippen molar-refractivity contribution in [1.29, 1.82) is 0 Å². The van der Waals surface area contributed by atoms with E-state index in [1.54, 1.807) is 0 Å². The molecule has 0 bridgehead atoms. The number of rotatable bonds is 8. The van der Waals surface area contributed by atoms with E-state index in [0.29, 0.717) is 35.0 Å². The molecule has 0 saturated heterocycles. The summed E-state index contributed by atoms with van der Waals surface area (Å²) in [6.07, 6.45) is 2.69. The van der Waals surface area contributed by atoms with Crippen LogP contribution in [0.5, 0.6) is 0 Å². The summed E-state index contributed by atoms with van der Waals surface area (Å²) in [5, 5.41) is 3.13. The number of carbonyl (C=O) groups excluding carboxylic acids is 1. The Labute approximate surface area is 188 Å². The lowest BCUT2D eigenvalue weighted by molar-refractivity contribution is 0.0940. The van der Waals surface area contributed by atoms with Gasteiger partial charge in [0.1, 0.15) is 16.9 Å². The number of hydrogen-bond acceptors (Lipinski definition) is 4. The van der Waals surface area contributed by atoms with Gasteiger partial charge in [-0.2, -0.15) is 0 Å². The van der Waals surface area contributed by atoms with Crippen LogP contribution in [0.25, 0.3) is 22.2 Å². The Bertz CT molecular complexity index is 1230. The van der Waals surface area contributed by atoms with Crippen LogP contribution in [0.15, 0.2) is 54.6 Å². The number of hydrogen-bond donors (Lipinski definition) is 2. The maximum atomic E-state index is 13.3. The van der Waals surface area contributed by atoms with Gasteiger partial charge in [-0.15, -0.1) is 0 Å². The molecule has 3 N–H and O–H groups in total. The SMILES string of the molecule is CC(C)CCn1c(N)c(C(=O)N[C@@H](C)CCc2ccccc2)c2nc3ccccc3nc21. The molecule has 0 aliphatic heterocycles. The predicted octanol–water partition coefficient (Wildman–Crippen LogP) is 4.96. The summed E-state index contributed by atoms with van der Waals surface area (Å²) in [6, 6.07) is 18.0. The summed E-state index contributed by atoms with van der Waals surface area (Å²) in [5.74, 6) is 0.750. The first-order valence-electron chi connectivity index (χ1n) is 11.3. The lowest BCUT2D eigenvalue weighted by Gasteiger charge is -2.14. The zero-order valence-corrected chi connectivity index (χ0v) is 19.0. The second-order valence-electron chi connectivity index (χ2n) is 8.88. The molecule has 0 fully saturated rings. The Balaban J connectivity index is 1.64. The summed E-state index contributed by atoms with van der Waals surface area (Å²) >= 11 is 0. The molecule has 2 aromatic heterocycles. The Hall–Kier alpha value is -3.41. The second-order valence-corrected chi connectivity index (χ2v) is 8.88. The smallest absolute Gasteiger partial charge is 0.257 e. The van der Waals surface area contributed by atoms with E-state index in [1.807, 2.05) is 54.0 Å². The normalized spacial score (nSPS) is 12.5. The lowest BCUT2D eigenvalue weighted by atomic mass is 10.1. The van der Waals surface area contributed by atoms with E-state index in [9.17, 15) is 4.79 Å². The number of carbonyl (C=O) groups is 1. The standard InChI is InChI=1S/C26H31N5O/c1-17(2)15-16-31-24(27)22(23-25(31)30-21-12-8-7-11-20(21)29-23)26(32)28-18(3)13-14-19-9-5-4-6-10-19/h4-12,17-18H,13-16,27H2,1-3H3,(H,28,32)/t18-/m0/s1. The van der Waals surface area contributed by atoms with Crippen LogP contribution in [-0.2, 0) is 13.0 Å². The van der Waals surface area contributed by atoms with Crippen LogP contribution in [0, 0.1) is 5.92 Å². The minimum Gasteiger partial charge on any atom is -0.384 e. The minimum atomic E-state index is -0.194. The van der Waals surface area contributed by atoms with Gasteiger partial charge in [0.15, 0.2) is 5.65 Å². The van der Waals surface area contributed by atoms with Crippen LogP contribution < -0.4 is 11.1 Å². The van der Waals surface area contributed by atoms with Gasteiger partial charge in [-0.3, -0.25) is 4.79 Å². The maximum Gasteiger partial charge on any atom is 0.257 e. The Kier molecular flexibility index (Phi) is 6.40. The molecule has 0 aliphatic carbocycles. The number of nitrogen functional groups attached to an aromatic ring is 1. The Morgan fingerprint density at radius 3 is 2.31 bits per heavy atom. The van der Waals surface area contributed by atoms with Crippen LogP contribution in [-0.4, -0.2) is 26.5 Å². The third-order valence-corrected chi connectivity index (χ3v) is 5.84. The molecule has 2 heterocycles. The van der Waals surface area contributed by atoms with E-state index in [2.05, 4.69) is 31.3 Å². The van der Waals surface area contributed by atoms with E-state index in [-0.39, 0.29) is 11.9 Å². The van der Waals surface area contributed by atoms with Crippen LogP contribution in [0.1, 0.15) is 49.5 Å². The predicted molar refractivity (Wildman–Crippen MR) is 131 cm³/mol. The monoisotopic (exact) mass is 429 g/mol. The highest BCUT2D eigenvalue weighted by Crippen LogP contribution is 2.28. The average molecular weight is 430 g/mol. The van der Waals surface area contributed by atoms with Crippen LogP contribution in [0.4, 0.5) is 5.82 Å². The third-order valence-electron chi connectivity index (χ3n) is 5.84. The molecule has 32 heavy (non-hydrogen) atoms. The number of fused-ring (bicyclic) bond motifs is 2. The highest BCUT2D eigenvalue weighted by Gasteiger charge is 2.24. The van der Waals surface area contributed by atoms with Gasteiger partial charge < -0.3 is 15.6 Å². The number of anilines is 1. The summed E-state index contributed by atoms with van der Waals surface area (Å²) < 4.78 is 1.94. The molecular weight excluding hydrogens is 398 g/mol. The number of nitrogens with two attached hydrogens (primary N) is 1. The minimum absolute atomic E-state index is 0.00425. The van der Waals surface area contributed by atoms with E-state index < -0.39 is 0 Å². The number of para-hydroxylation sites is 2. The molecule has 4 rings (SSSR count). The quantitative estimate of drug-likeness (QED) is 0.414.